The predicted molar refractivity (Wildman–Crippen MR) is 47.5 cm³/mol. The Labute approximate surface area is 78.8 Å². The zero-order valence-corrected chi connectivity index (χ0v) is 8.59. The van der Waals surface area contributed by atoms with Crippen molar-refractivity contribution < 1.29 is 21.6 Å². The molecule has 0 bridgehead atoms. The van der Waals surface area contributed by atoms with Crippen molar-refractivity contribution in [1.29, 1.82) is 0 Å². The third-order valence-electron chi connectivity index (χ3n) is 2.41. The summed E-state index contributed by atoms with van der Waals surface area (Å²) in [5, 5.41) is 0. The molecule has 0 aliphatic carbocycles. The molecular weight excluding hydrogens is 194 g/mol. The van der Waals surface area contributed by atoms with E-state index in [0.717, 1.165) is 6.42 Å². The molecule has 78 valence electrons. The molecule has 0 spiro atoms. The minimum absolute atomic E-state index is 0.233. The summed E-state index contributed by atoms with van der Waals surface area (Å²) in [6.45, 7) is 3.88. The van der Waals surface area contributed by atoms with E-state index < -0.39 is 10.3 Å². The van der Waals surface area contributed by atoms with Gasteiger partial charge in [-0.1, -0.05) is 6.92 Å². The first kappa shape index (κ1) is 10.9. The van der Waals surface area contributed by atoms with Crippen molar-refractivity contribution in [3.63, 3.8) is 0 Å². The van der Waals surface area contributed by atoms with E-state index in [0.29, 0.717) is 32.8 Å². The highest BCUT2D eigenvalue weighted by molar-refractivity contribution is 7.80. The minimum Gasteiger partial charge on any atom is -0.370 e. The van der Waals surface area contributed by atoms with Crippen LogP contribution < -0.4 is 0 Å². The summed E-state index contributed by atoms with van der Waals surface area (Å²) in [5.74, 6) is 0. The molecule has 1 aliphatic heterocycles. The topological polar surface area (TPSA) is 63.6 Å². The lowest BCUT2D eigenvalue weighted by Crippen LogP contribution is -2.58. The number of nitrogens with zero attached hydrogens (tertiary/aromatic N) is 1. The van der Waals surface area contributed by atoms with E-state index in [1.807, 2.05) is 6.92 Å². The standard InChI is InChI=1S/C7H15NO4S/c1-2-3-8(13(9,10)11)4-6-12-7-5-8/h2-7H2,1H3/p+1. The van der Waals surface area contributed by atoms with Crippen molar-refractivity contribution in [2.75, 3.05) is 32.8 Å². The molecule has 0 aromatic heterocycles. The highest BCUT2D eigenvalue weighted by Crippen LogP contribution is 2.17. The number of rotatable bonds is 3. The molecule has 13 heavy (non-hydrogen) atoms. The molecule has 0 aromatic rings. The van der Waals surface area contributed by atoms with Crippen LogP contribution in [0.4, 0.5) is 0 Å². The van der Waals surface area contributed by atoms with Gasteiger partial charge in [-0.3, -0.25) is 0 Å². The van der Waals surface area contributed by atoms with Gasteiger partial charge in [-0.2, -0.15) is 3.89 Å². The molecule has 1 saturated heterocycles. The monoisotopic (exact) mass is 210 g/mol. The first-order valence-electron chi connectivity index (χ1n) is 4.43. The van der Waals surface area contributed by atoms with Gasteiger partial charge >= 0.3 is 10.3 Å². The summed E-state index contributed by atoms with van der Waals surface area (Å²) in [5.41, 5.74) is 0. The average Bonchev–Trinajstić information content (AvgIpc) is 2.04. The third-order valence-corrected chi connectivity index (χ3v) is 3.93. The summed E-state index contributed by atoms with van der Waals surface area (Å²) in [7, 11) is -3.99. The second-order valence-corrected chi connectivity index (χ2v) is 4.96. The van der Waals surface area contributed by atoms with Crippen molar-refractivity contribution in [3.05, 3.63) is 0 Å². The van der Waals surface area contributed by atoms with Gasteiger partial charge in [0.1, 0.15) is 13.1 Å². The third kappa shape index (κ3) is 2.19. The van der Waals surface area contributed by atoms with Gasteiger partial charge in [-0.25, -0.2) is 4.55 Å². The molecular formula is C7H16NO4S+. The number of hydrogen-bond donors (Lipinski definition) is 1. The molecule has 0 amide bonds. The first-order chi connectivity index (χ1) is 6.02. The summed E-state index contributed by atoms with van der Waals surface area (Å²) >= 11 is 0. The molecule has 1 N–H and O–H groups in total. The van der Waals surface area contributed by atoms with Crippen LogP contribution in [0.3, 0.4) is 0 Å². The van der Waals surface area contributed by atoms with Crippen LogP contribution in [0.5, 0.6) is 0 Å². The Bertz CT molecular complexity index is 250. The molecule has 1 heterocycles. The normalized spacial score (nSPS) is 22.9. The first-order valence-corrected chi connectivity index (χ1v) is 5.83. The van der Waals surface area contributed by atoms with Crippen LogP contribution in [0.2, 0.25) is 0 Å². The van der Waals surface area contributed by atoms with E-state index in [2.05, 4.69) is 0 Å². The van der Waals surface area contributed by atoms with Gasteiger partial charge in [-0.15, -0.1) is 8.42 Å². The molecule has 0 aromatic carbocycles. The summed E-state index contributed by atoms with van der Waals surface area (Å²) < 4.78 is 36.3. The lowest BCUT2D eigenvalue weighted by Gasteiger charge is -2.36. The van der Waals surface area contributed by atoms with Crippen molar-refractivity contribution in [2.45, 2.75) is 13.3 Å². The zero-order chi connectivity index (χ0) is 9.95. The van der Waals surface area contributed by atoms with E-state index >= 15 is 0 Å². The highest BCUT2D eigenvalue weighted by Gasteiger charge is 2.41. The van der Waals surface area contributed by atoms with Gasteiger partial charge in [0.05, 0.1) is 19.8 Å². The molecule has 5 nitrogen and oxygen atoms in total. The maximum Gasteiger partial charge on any atom is 0.433 e. The second-order valence-electron chi connectivity index (χ2n) is 3.29. The van der Waals surface area contributed by atoms with E-state index in [-0.39, 0.29) is 3.89 Å². The molecule has 1 rings (SSSR count). The molecule has 0 saturated carbocycles. The van der Waals surface area contributed by atoms with Gasteiger partial charge in [-0.05, 0) is 6.42 Å². The SMILES string of the molecule is CCC[N+]1(S(=O)(=O)O)CCOCC1. The molecule has 0 radical (unpaired) electrons. The quantitative estimate of drug-likeness (QED) is 0.528. The molecule has 6 heteroatoms. The van der Waals surface area contributed by atoms with Crippen molar-refractivity contribution >= 4 is 10.3 Å². The fourth-order valence-corrected chi connectivity index (χ4v) is 2.68. The molecule has 0 unspecified atom stereocenters. The minimum atomic E-state index is -3.99. The van der Waals surface area contributed by atoms with Crippen LogP contribution in [-0.2, 0) is 15.0 Å². The number of ether oxygens (including phenoxy) is 1. The smallest absolute Gasteiger partial charge is 0.370 e. The summed E-state index contributed by atoms with van der Waals surface area (Å²) in [6.07, 6.45) is 0.736. The largest absolute Gasteiger partial charge is 0.433 e. The number of hydrogen-bond acceptors (Lipinski definition) is 3. The Morgan fingerprint density at radius 2 is 1.92 bits per heavy atom. The molecule has 0 atom stereocenters. The van der Waals surface area contributed by atoms with Gasteiger partial charge in [0.15, 0.2) is 0 Å². The molecule has 1 aliphatic rings. The number of quaternary nitrogens is 1. The number of morpholine rings is 1. The lowest BCUT2D eigenvalue weighted by atomic mass is 10.3. The Balaban J connectivity index is 2.86. The highest BCUT2D eigenvalue weighted by atomic mass is 32.2. The summed E-state index contributed by atoms with van der Waals surface area (Å²) in [6, 6.07) is 0. The maximum absolute atomic E-state index is 11.2. The Hall–Kier alpha value is -0.170. The Kier molecular flexibility index (Phi) is 3.28. The van der Waals surface area contributed by atoms with Gasteiger partial charge in [0.2, 0.25) is 0 Å². The zero-order valence-electron chi connectivity index (χ0n) is 7.77. The van der Waals surface area contributed by atoms with E-state index in [4.69, 9.17) is 9.29 Å². The Morgan fingerprint density at radius 1 is 1.38 bits per heavy atom. The van der Waals surface area contributed by atoms with Crippen molar-refractivity contribution in [3.8, 4) is 0 Å². The molecule has 1 fully saturated rings. The lowest BCUT2D eigenvalue weighted by molar-refractivity contribution is -0.820. The predicted octanol–water partition coefficient (Wildman–Crippen LogP) is 0.0462. The van der Waals surface area contributed by atoms with Gasteiger partial charge in [0.25, 0.3) is 0 Å². The van der Waals surface area contributed by atoms with E-state index in [1.165, 1.54) is 0 Å². The van der Waals surface area contributed by atoms with Crippen LogP contribution >= 0.6 is 0 Å². The maximum atomic E-state index is 11.2. The average molecular weight is 210 g/mol. The van der Waals surface area contributed by atoms with Crippen LogP contribution in [0.25, 0.3) is 0 Å². The van der Waals surface area contributed by atoms with Crippen molar-refractivity contribution in [2.24, 2.45) is 0 Å². The second kappa shape index (κ2) is 3.91. The van der Waals surface area contributed by atoms with Crippen molar-refractivity contribution in [1.82, 2.24) is 0 Å². The van der Waals surface area contributed by atoms with Crippen LogP contribution in [-0.4, -0.2) is 49.7 Å². The van der Waals surface area contributed by atoms with Gasteiger partial charge < -0.3 is 4.74 Å². The van der Waals surface area contributed by atoms with E-state index in [1.54, 1.807) is 0 Å². The Morgan fingerprint density at radius 3 is 2.31 bits per heavy atom. The van der Waals surface area contributed by atoms with Gasteiger partial charge in [0, 0.05) is 0 Å². The van der Waals surface area contributed by atoms with Crippen LogP contribution in [0.15, 0.2) is 0 Å². The van der Waals surface area contributed by atoms with Crippen LogP contribution in [0, 0.1) is 0 Å². The summed E-state index contributed by atoms with van der Waals surface area (Å²) in [4.78, 5) is 0. The van der Waals surface area contributed by atoms with E-state index in [9.17, 15) is 8.42 Å². The van der Waals surface area contributed by atoms with Crippen LogP contribution in [0.1, 0.15) is 13.3 Å². The fourth-order valence-electron chi connectivity index (χ4n) is 1.65. The fraction of sp³-hybridized carbons (Fsp3) is 1.00.